The highest BCUT2D eigenvalue weighted by atomic mass is 79.9. The molecule has 0 N–H and O–H groups in total. The molecule has 1 aromatic rings. The lowest BCUT2D eigenvalue weighted by Crippen LogP contribution is -2.04. The molecule has 0 saturated carbocycles. The summed E-state index contributed by atoms with van der Waals surface area (Å²) in [5, 5.41) is 0. The van der Waals surface area contributed by atoms with Gasteiger partial charge in [0.15, 0.2) is 0 Å². The molecule has 15 heavy (non-hydrogen) atoms. The molecular weight excluding hydrogens is 278 g/mol. The third-order valence-corrected chi connectivity index (χ3v) is 2.96. The fraction of sp³-hybridized carbons (Fsp3) is 0.400. The van der Waals surface area contributed by atoms with Crippen LogP contribution in [0.15, 0.2) is 27.8 Å². The number of carbonyl (C=O) groups excluding carboxylic acids is 1. The van der Waals surface area contributed by atoms with Crippen LogP contribution in [0.5, 0.6) is 0 Å². The zero-order chi connectivity index (χ0) is 11.1. The molecule has 82 valence electrons. The molecule has 5 heteroatoms. The van der Waals surface area contributed by atoms with Gasteiger partial charge in [-0.15, -0.1) is 11.8 Å². The summed E-state index contributed by atoms with van der Waals surface area (Å²) in [6.07, 6.45) is 3.95. The second-order valence-electron chi connectivity index (χ2n) is 2.74. The van der Waals surface area contributed by atoms with Gasteiger partial charge in [0.2, 0.25) is 0 Å². The van der Waals surface area contributed by atoms with Crippen LogP contribution in [-0.2, 0) is 9.53 Å². The zero-order valence-electron chi connectivity index (χ0n) is 8.40. The molecule has 0 aliphatic carbocycles. The Kier molecular flexibility index (Phi) is 5.71. The molecule has 0 radical (unpaired) electrons. The van der Waals surface area contributed by atoms with Gasteiger partial charge in [-0.1, -0.05) is 0 Å². The number of thioether (sulfide) groups is 1. The standard InChI is InChI=1S/C10H12BrNO2S/c1-2-14-10(13)3-4-15-9-5-8(11)6-12-7-9/h5-7H,2-4H2,1H3. The first-order valence-corrected chi connectivity index (χ1v) is 6.39. The molecule has 0 aromatic carbocycles. The van der Waals surface area contributed by atoms with E-state index in [1.165, 1.54) is 0 Å². The number of halogens is 1. The minimum absolute atomic E-state index is 0.145. The Morgan fingerprint density at radius 3 is 3.07 bits per heavy atom. The van der Waals surface area contributed by atoms with E-state index < -0.39 is 0 Å². The van der Waals surface area contributed by atoms with Crippen LogP contribution in [0.3, 0.4) is 0 Å². The van der Waals surface area contributed by atoms with Gasteiger partial charge in [-0.25, -0.2) is 0 Å². The Morgan fingerprint density at radius 2 is 2.40 bits per heavy atom. The van der Waals surface area contributed by atoms with Gasteiger partial charge in [0, 0.05) is 27.5 Å². The van der Waals surface area contributed by atoms with E-state index in [1.54, 1.807) is 24.2 Å². The molecular formula is C10H12BrNO2S. The van der Waals surface area contributed by atoms with Gasteiger partial charge in [0.05, 0.1) is 13.0 Å². The quantitative estimate of drug-likeness (QED) is 0.617. The van der Waals surface area contributed by atoms with Crippen LogP contribution in [0.1, 0.15) is 13.3 Å². The van der Waals surface area contributed by atoms with E-state index in [0.29, 0.717) is 13.0 Å². The summed E-state index contributed by atoms with van der Waals surface area (Å²) in [4.78, 5) is 16.1. The Hall–Kier alpha value is -0.550. The second kappa shape index (κ2) is 6.85. The van der Waals surface area contributed by atoms with Crippen molar-refractivity contribution in [2.45, 2.75) is 18.2 Å². The summed E-state index contributed by atoms with van der Waals surface area (Å²) in [5.74, 6) is 0.574. The van der Waals surface area contributed by atoms with Crippen LogP contribution in [-0.4, -0.2) is 23.3 Å². The van der Waals surface area contributed by atoms with Crippen molar-refractivity contribution < 1.29 is 9.53 Å². The van der Waals surface area contributed by atoms with E-state index in [2.05, 4.69) is 20.9 Å². The predicted octanol–water partition coefficient (Wildman–Crippen LogP) is 2.89. The summed E-state index contributed by atoms with van der Waals surface area (Å²) in [6.45, 7) is 2.26. The molecule has 0 atom stereocenters. The summed E-state index contributed by atoms with van der Waals surface area (Å²) in [7, 11) is 0. The Bertz CT molecular complexity index is 333. The summed E-state index contributed by atoms with van der Waals surface area (Å²) in [5.41, 5.74) is 0. The summed E-state index contributed by atoms with van der Waals surface area (Å²) < 4.78 is 5.77. The number of aromatic nitrogens is 1. The molecule has 1 rings (SSSR count). The first-order chi connectivity index (χ1) is 7.22. The topological polar surface area (TPSA) is 39.2 Å². The molecule has 1 heterocycles. The van der Waals surface area contributed by atoms with E-state index in [-0.39, 0.29) is 5.97 Å². The van der Waals surface area contributed by atoms with Crippen molar-refractivity contribution in [1.29, 1.82) is 0 Å². The number of hydrogen-bond donors (Lipinski definition) is 0. The van der Waals surface area contributed by atoms with Crippen LogP contribution in [0.2, 0.25) is 0 Å². The van der Waals surface area contributed by atoms with Crippen LogP contribution in [0, 0.1) is 0 Å². The Balaban J connectivity index is 2.28. The second-order valence-corrected chi connectivity index (χ2v) is 4.83. The molecule has 0 amide bonds. The maximum atomic E-state index is 11.0. The van der Waals surface area contributed by atoms with Gasteiger partial charge in [-0.05, 0) is 28.9 Å². The summed E-state index contributed by atoms with van der Waals surface area (Å²) in [6, 6.07) is 1.98. The number of hydrogen-bond acceptors (Lipinski definition) is 4. The number of rotatable bonds is 5. The maximum Gasteiger partial charge on any atom is 0.306 e. The predicted molar refractivity (Wildman–Crippen MR) is 63.9 cm³/mol. The zero-order valence-corrected chi connectivity index (χ0v) is 10.8. The van der Waals surface area contributed by atoms with E-state index in [4.69, 9.17) is 4.74 Å². The summed E-state index contributed by atoms with van der Waals surface area (Å²) >= 11 is 4.94. The SMILES string of the molecule is CCOC(=O)CCSc1cncc(Br)c1. The molecule has 0 unspecified atom stereocenters. The smallest absolute Gasteiger partial charge is 0.306 e. The van der Waals surface area contributed by atoms with Crippen molar-refractivity contribution in [3.05, 3.63) is 22.9 Å². The van der Waals surface area contributed by atoms with Crippen molar-refractivity contribution in [2.75, 3.05) is 12.4 Å². The van der Waals surface area contributed by atoms with Crippen LogP contribution < -0.4 is 0 Å². The van der Waals surface area contributed by atoms with Crippen LogP contribution >= 0.6 is 27.7 Å². The minimum atomic E-state index is -0.145. The number of esters is 1. The molecule has 0 saturated heterocycles. The van der Waals surface area contributed by atoms with Gasteiger partial charge >= 0.3 is 5.97 Å². The third kappa shape index (κ3) is 5.18. The number of nitrogens with zero attached hydrogens (tertiary/aromatic N) is 1. The molecule has 0 fully saturated rings. The lowest BCUT2D eigenvalue weighted by molar-refractivity contribution is -0.142. The molecule has 0 aliphatic heterocycles. The van der Waals surface area contributed by atoms with Crippen molar-refractivity contribution in [3.63, 3.8) is 0 Å². The minimum Gasteiger partial charge on any atom is -0.466 e. The maximum absolute atomic E-state index is 11.0. The van der Waals surface area contributed by atoms with Crippen LogP contribution in [0.4, 0.5) is 0 Å². The fourth-order valence-corrected chi connectivity index (χ4v) is 2.32. The fourth-order valence-electron chi connectivity index (χ4n) is 0.957. The monoisotopic (exact) mass is 289 g/mol. The lowest BCUT2D eigenvalue weighted by Gasteiger charge is -2.02. The average Bonchev–Trinajstić information content (AvgIpc) is 2.18. The van der Waals surface area contributed by atoms with Gasteiger partial charge in [0.1, 0.15) is 0 Å². The lowest BCUT2D eigenvalue weighted by atomic mass is 10.5. The number of carbonyl (C=O) groups is 1. The highest BCUT2D eigenvalue weighted by Gasteiger charge is 2.02. The molecule has 3 nitrogen and oxygen atoms in total. The third-order valence-electron chi connectivity index (χ3n) is 1.56. The van der Waals surface area contributed by atoms with Gasteiger partial charge < -0.3 is 4.74 Å². The first kappa shape index (κ1) is 12.5. The first-order valence-electron chi connectivity index (χ1n) is 4.61. The average molecular weight is 290 g/mol. The van der Waals surface area contributed by atoms with Crippen molar-refractivity contribution in [3.8, 4) is 0 Å². The van der Waals surface area contributed by atoms with Gasteiger partial charge in [-0.3, -0.25) is 9.78 Å². The van der Waals surface area contributed by atoms with Crippen LogP contribution in [0.25, 0.3) is 0 Å². The van der Waals surface area contributed by atoms with Gasteiger partial charge in [0.25, 0.3) is 0 Å². The van der Waals surface area contributed by atoms with E-state index in [0.717, 1.165) is 15.1 Å². The normalized spacial score (nSPS) is 10.0. The highest BCUT2D eigenvalue weighted by molar-refractivity contribution is 9.10. The van der Waals surface area contributed by atoms with Gasteiger partial charge in [-0.2, -0.15) is 0 Å². The molecule has 0 bridgehead atoms. The van der Waals surface area contributed by atoms with Crippen molar-refractivity contribution in [2.24, 2.45) is 0 Å². The molecule has 0 spiro atoms. The largest absolute Gasteiger partial charge is 0.466 e. The number of pyridine rings is 1. The van der Waals surface area contributed by atoms with Crippen molar-refractivity contribution >= 4 is 33.7 Å². The molecule has 1 aromatic heterocycles. The highest BCUT2D eigenvalue weighted by Crippen LogP contribution is 2.21. The van der Waals surface area contributed by atoms with E-state index in [1.807, 2.05) is 13.0 Å². The van der Waals surface area contributed by atoms with E-state index >= 15 is 0 Å². The Morgan fingerprint density at radius 1 is 1.60 bits per heavy atom. The number of ether oxygens (including phenoxy) is 1. The van der Waals surface area contributed by atoms with Crippen molar-refractivity contribution in [1.82, 2.24) is 4.98 Å². The Labute approximate surface area is 102 Å². The molecule has 0 aliphatic rings. The van der Waals surface area contributed by atoms with E-state index in [9.17, 15) is 4.79 Å².